The molecule has 1 N–H and O–H groups in total. The zero-order valence-corrected chi connectivity index (χ0v) is 24.3. The third-order valence-corrected chi connectivity index (χ3v) is 6.79. The molecule has 0 spiro atoms. The summed E-state index contributed by atoms with van der Waals surface area (Å²) in [7, 11) is 1.70. The first-order valence-corrected chi connectivity index (χ1v) is 14.1. The van der Waals surface area contributed by atoms with Crippen LogP contribution in [0.5, 0.6) is 5.75 Å². The highest BCUT2D eigenvalue weighted by Gasteiger charge is 2.18. The summed E-state index contributed by atoms with van der Waals surface area (Å²) in [5, 5.41) is 2.95. The van der Waals surface area contributed by atoms with E-state index in [1.54, 1.807) is 49.2 Å². The highest BCUT2D eigenvalue weighted by atomic mass is 16.5. The summed E-state index contributed by atoms with van der Waals surface area (Å²) in [6.07, 6.45) is 1.70. The molecule has 0 aromatic heterocycles. The molecule has 2 amide bonds. The summed E-state index contributed by atoms with van der Waals surface area (Å²) in [5.74, 6) is -0.0619. The van der Waals surface area contributed by atoms with Crippen molar-refractivity contribution in [3.05, 3.63) is 114 Å². The first-order chi connectivity index (χ1) is 20.4. The Morgan fingerprint density at radius 1 is 0.810 bits per heavy atom. The molecule has 0 aliphatic carbocycles. The van der Waals surface area contributed by atoms with E-state index in [1.807, 2.05) is 73.7 Å². The van der Waals surface area contributed by atoms with Gasteiger partial charge in [0.25, 0.3) is 11.8 Å². The average Bonchev–Trinajstić information content (AvgIpc) is 3.01. The van der Waals surface area contributed by atoms with Crippen LogP contribution in [0.15, 0.2) is 97.1 Å². The first kappa shape index (κ1) is 30.1. The van der Waals surface area contributed by atoms with Gasteiger partial charge in [0.2, 0.25) is 0 Å². The monoisotopic (exact) mass is 564 g/mol. The van der Waals surface area contributed by atoms with Gasteiger partial charge in [-0.25, -0.2) is 0 Å². The zero-order valence-electron chi connectivity index (χ0n) is 24.3. The number of hydrogen-bond acceptors (Lipinski definition) is 5. The van der Waals surface area contributed by atoms with Crippen LogP contribution < -0.4 is 15.0 Å². The smallest absolute Gasteiger partial charge is 0.305 e. The van der Waals surface area contributed by atoms with E-state index in [2.05, 4.69) is 5.32 Å². The lowest BCUT2D eigenvalue weighted by molar-refractivity contribution is -0.143. The Labute approximate surface area is 247 Å². The van der Waals surface area contributed by atoms with Gasteiger partial charge in [-0.05, 0) is 80.3 Å². The number of amides is 2. The first-order valence-electron chi connectivity index (χ1n) is 14.1. The highest BCUT2D eigenvalue weighted by molar-refractivity contribution is 6.09. The number of unbranched alkanes of at least 4 members (excludes halogenated alkanes) is 1. The van der Waals surface area contributed by atoms with Crippen LogP contribution in [0.4, 0.5) is 11.4 Å². The molecule has 4 aromatic carbocycles. The Kier molecular flexibility index (Phi) is 10.5. The molecule has 216 valence electrons. The van der Waals surface area contributed by atoms with E-state index in [1.165, 1.54) is 0 Å². The van der Waals surface area contributed by atoms with Crippen LogP contribution in [0.1, 0.15) is 52.5 Å². The number of nitrogens with zero attached hydrogens (tertiary/aromatic N) is 1. The lowest BCUT2D eigenvalue weighted by Gasteiger charge is -2.21. The third kappa shape index (κ3) is 7.85. The van der Waals surface area contributed by atoms with Crippen molar-refractivity contribution in [3.63, 3.8) is 0 Å². The molecule has 0 unspecified atom stereocenters. The molecule has 0 atom stereocenters. The van der Waals surface area contributed by atoms with E-state index in [4.69, 9.17) is 9.47 Å². The molecule has 0 fully saturated rings. The van der Waals surface area contributed by atoms with Gasteiger partial charge in [0.15, 0.2) is 0 Å². The number of carbonyl (C=O) groups is 3. The van der Waals surface area contributed by atoms with Crippen LogP contribution in [-0.4, -0.2) is 38.0 Å². The van der Waals surface area contributed by atoms with Gasteiger partial charge >= 0.3 is 5.97 Å². The standard InChI is InChI=1S/C35H36N2O5/c1-4-41-33(38)15-9-10-24-42-32-14-8-7-13-31(32)37(3)35(40)27-20-22-28(23-21-27)36-34(39)30-12-6-5-11-29(30)26-18-16-25(2)17-19-26/h5-8,11-14,16-23H,4,9-10,15,24H2,1-3H3,(H,36,39). The van der Waals surface area contributed by atoms with Gasteiger partial charge in [0.1, 0.15) is 5.75 Å². The number of ether oxygens (including phenoxy) is 2. The fourth-order valence-electron chi connectivity index (χ4n) is 4.51. The van der Waals surface area contributed by atoms with Crippen LogP contribution in [0.2, 0.25) is 0 Å². The van der Waals surface area contributed by atoms with Gasteiger partial charge < -0.3 is 19.7 Å². The molecule has 0 saturated heterocycles. The molecule has 42 heavy (non-hydrogen) atoms. The maximum atomic E-state index is 13.3. The predicted octanol–water partition coefficient (Wildman–Crippen LogP) is 7.30. The summed E-state index contributed by atoms with van der Waals surface area (Å²) in [4.78, 5) is 39.6. The number of esters is 1. The molecule has 0 radical (unpaired) electrons. The van der Waals surface area contributed by atoms with Crippen molar-refractivity contribution in [2.45, 2.75) is 33.1 Å². The van der Waals surface area contributed by atoms with Crippen molar-refractivity contribution in [1.29, 1.82) is 0 Å². The fraction of sp³-hybridized carbons (Fsp3) is 0.229. The normalized spacial score (nSPS) is 10.5. The Balaban J connectivity index is 1.38. The van der Waals surface area contributed by atoms with E-state index in [0.717, 1.165) is 16.7 Å². The fourth-order valence-corrected chi connectivity index (χ4v) is 4.51. The minimum absolute atomic E-state index is 0.208. The molecule has 0 bridgehead atoms. The zero-order chi connectivity index (χ0) is 29.9. The third-order valence-electron chi connectivity index (χ3n) is 6.79. The number of nitrogens with one attached hydrogen (secondary N) is 1. The van der Waals surface area contributed by atoms with E-state index >= 15 is 0 Å². The lowest BCUT2D eigenvalue weighted by atomic mass is 9.98. The van der Waals surface area contributed by atoms with Gasteiger partial charge in [-0.15, -0.1) is 0 Å². The van der Waals surface area contributed by atoms with Crippen molar-refractivity contribution < 1.29 is 23.9 Å². The molecule has 7 nitrogen and oxygen atoms in total. The molecular formula is C35H36N2O5. The summed E-state index contributed by atoms with van der Waals surface area (Å²) in [5.41, 5.74) is 5.24. The summed E-state index contributed by atoms with van der Waals surface area (Å²) in [6.45, 7) is 4.61. The van der Waals surface area contributed by atoms with Gasteiger partial charge in [0.05, 0.1) is 18.9 Å². The second-order valence-corrected chi connectivity index (χ2v) is 9.89. The number of anilines is 2. The SMILES string of the molecule is CCOC(=O)CCCCOc1ccccc1N(C)C(=O)c1ccc(NC(=O)c2ccccc2-c2ccc(C)cc2)cc1. The maximum absolute atomic E-state index is 13.3. The molecule has 0 aliphatic rings. The minimum Gasteiger partial charge on any atom is -0.491 e. The second kappa shape index (κ2) is 14.6. The number of carbonyl (C=O) groups excluding carboxylic acids is 3. The molecule has 4 aromatic rings. The number of rotatable bonds is 12. The van der Waals surface area contributed by atoms with Gasteiger partial charge in [0, 0.05) is 30.3 Å². The van der Waals surface area contributed by atoms with Crippen LogP contribution in [0.25, 0.3) is 11.1 Å². The van der Waals surface area contributed by atoms with Crippen LogP contribution >= 0.6 is 0 Å². The Morgan fingerprint density at radius 2 is 1.50 bits per heavy atom. The van der Waals surface area contributed by atoms with Crippen molar-refractivity contribution >= 4 is 29.2 Å². The Morgan fingerprint density at radius 3 is 2.24 bits per heavy atom. The quantitative estimate of drug-likeness (QED) is 0.144. The molecular weight excluding hydrogens is 528 g/mol. The lowest BCUT2D eigenvalue weighted by Crippen LogP contribution is -2.26. The van der Waals surface area contributed by atoms with Crippen molar-refractivity contribution in [2.75, 3.05) is 30.5 Å². The van der Waals surface area contributed by atoms with E-state index in [0.29, 0.717) is 60.7 Å². The van der Waals surface area contributed by atoms with E-state index in [-0.39, 0.29) is 17.8 Å². The molecule has 0 saturated carbocycles. The Bertz CT molecular complexity index is 1510. The summed E-state index contributed by atoms with van der Waals surface area (Å²) < 4.78 is 10.9. The van der Waals surface area contributed by atoms with Crippen LogP contribution in [0, 0.1) is 6.92 Å². The van der Waals surface area contributed by atoms with Gasteiger partial charge in [-0.3, -0.25) is 14.4 Å². The Hall–Kier alpha value is -4.91. The van der Waals surface area contributed by atoms with Crippen molar-refractivity contribution in [3.8, 4) is 16.9 Å². The highest BCUT2D eigenvalue weighted by Crippen LogP contribution is 2.29. The summed E-state index contributed by atoms with van der Waals surface area (Å²) >= 11 is 0. The van der Waals surface area contributed by atoms with Gasteiger partial charge in [-0.1, -0.05) is 60.2 Å². The molecule has 7 heteroatoms. The maximum Gasteiger partial charge on any atom is 0.305 e. The van der Waals surface area contributed by atoms with E-state index in [9.17, 15) is 14.4 Å². The summed E-state index contributed by atoms with van der Waals surface area (Å²) in [6, 6.07) is 29.7. The second-order valence-electron chi connectivity index (χ2n) is 9.89. The minimum atomic E-state index is -0.226. The molecule has 0 aliphatic heterocycles. The number of para-hydroxylation sites is 2. The number of hydrogen-bond donors (Lipinski definition) is 1. The molecule has 0 heterocycles. The van der Waals surface area contributed by atoms with Crippen LogP contribution in [-0.2, 0) is 9.53 Å². The largest absolute Gasteiger partial charge is 0.491 e. The predicted molar refractivity (Wildman–Crippen MR) is 166 cm³/mol. The van der Waals surface area contributed by atoms with E-state index < -0.39 is 0 Å². The van der Waals surface area contributed by atoms with Crippen molar-refractivity contribution in [1.82, 2.24) is 0 Å². The van der Waals surface area contributed by atoms with Crippen LogP contribution in [0.3, 0.4) is 0 Å². The van der Waals surface area contributed by atoms with Gasteiger partial charge in [-0.2, -0.15) is 0 Å². The average molecular weight is 565 g/mol. The number of benzene rings is 4. The number of aryl methyl sites for hydroxylation is 1. The van der Waals surface area contributed by atoms with Crippen molar-refractivity contribution in [2.24, 2.45) is 0 Å². The molecule has 4 rings (SSSR count). The topological polar surface area (TPSA) is 84.9 Å².